The first-order chi connectivity index (χ1) is 14.0. The Morgan fingerprint density at radius 1 is 1.07 bits per heavy atom. The summed E-state index contributed by atoms with van der Waals surface area (Å²) in [5, 5.41) is 7.05. The van der Waals surface area contributed by atoms with Crippen LogP contribution in [0.15, 0.2) is 71.2 Å². The van der Waals surface area contributed by atoms with E-state index in [0.717, 1.165) is 31.8 Å². The maximum atomic E-state index is 12.3. The lowest BCUT2D eigenvalue weighted by molar-refractivity contribution is 0.0977. The Morgan fingerprint density at radius 2 is 1.83 bits per heavy atom. The Hall–Kier alpha value is -2.61. The van der Waals surface area contributed by atoms with Crippen molar-refractivity contribution in [3.63, 3.8) is 0 Å². The Kier molecular flexibility index (Phi) is 5.71. The Morgan fingerprint density at radius 3 is 2.55 bits per heavy atom. The van der Waals surface area contributed by atoms with Crippen molar-refractivity contribution >= 4 is 66.4 Å². The van der Waals surface area contributed by atoms with Crippen LogP contribution in [0.5, 0.6) is 0 Å². The molecule has 0 atom stereocenters. The highest BCUT2D eigenvalue weighted by Gasteiger charge is 2.11. The van der Waals surface area contributed by atoms with E-state index in [-0.39, 0.29) is 11.0 Å². The first-order valence-electron chi connectivity index (χ1n) is 8.84. The lowest BCUT2D eigenvalue weighted by Crippen LogP contribution is -2.34. The number of thiocarbonyl (C=S) groups is 1. The number of hydrogen-bond acceptors (Lipinski definition) is 4. The number of rotatable bonds is 3. The summed E-state index contributed by atoms with van der Waals surface area (Å²) < 4.78 is 2.08. The van der Waals surface area contributed by atoms with Crippen molar-refractivity contribution in [2.45, 2.75) is 6.92 Å². The summed E-state index contributed by atoms with van der Waals surface area (Å²) in [6.45, 7) is 2.00. The molecule has 1 aromatic heterocycles. The molecule has 0 fully saturated rings. The number of aryl methyl sites for hydroxylation is 1. The maximum Gasteiger partial charge on any atom is 0.257 e. The number of hydrogen-bond donors (Lipinski definition) is 2. The number of carbonyl (C=O) groups is 1. The van der Waals surface area contributed by atoms with Gasteiger partial charge in [-0.2, -0.15) is 0 Å². The van der Waals surface area contributed by atoms with Gasteiger partial charge in [-0.3, -0.25) is 10.1 Å². The van der Waals surface area contributed by atoms with E-state index in [4.69, 9.17) is 17.2 Å². The third-order valence-electron chi connectivity index (χ3n) is 4.35. The summed E-state index contributed by atoms with van der Waals surface area (Å²) in [4.78, 5) is 17.0. The van der Waals surface area contributed by atoms with Crippen molar-refractivity contribution in [1.82, 2.24) is 10.3 Å². The van der Waals surface area contributed by atoms with Gasteiger partial charge in [-0.15, -0.1) is 11.3 Å². The number of aromatic nitrogens is 1. The molecule has 3 aromatic carbocycles. The normalized spacial score (nSPS) is 10.7. The molecule has 0 bridgehead atoms. The lowest BCUT2D eigenvalue weighted by atomic mass is 10.1. The van der Waals surface area contributed by atoms with E-state index in [9.17, 15) is 4.79 Å². The highest BCUT2D eigenvalue weighted by atomic mass is 79.9. The van der Waals surface area contributed by atoms with Crippen LogP contribution in [0.3, 0.4) is 0 Å². The largest absolute Gasteiger partial charge is 0.332 e. The molecule has 1 heterocycles. The molecule has 29 heavy (non-hydrogen) atoms. The lowest BCUT2D eigenvalue weighted by Gasteiger charge is -2.12. The van der Waals surface area contributed by atoms with Gasteiger partial charge in [0, 0.05) is 21.3 Å². The first-order valence-corrected chi connectivity index (χ1v) is 10.9. The standard InChI is InChI=1S/C22H16BrN3OS2/c1-13-12-15(21-24-18-4-2-3-5-19(18)29-21)8-11-17(13)25-22(28)26-20(27)14-6-9-16(23)10-7-14/h2-12H,1H3,(H2,25,26,27,28). The number of benzene rings is 3. The number of fused-ring (bicyclic) bond motifs is 1. The zero-order valence-electron chi connectivity index (χ0n) is 15.4. The van der Waals surface area contributed by atoms with Crippen LogP contribution in [0.4, 0.5) is 5.69 Å². The average molecular weight is 482 g/mol. The number of halogens is 1. The summed E-state index contributed by atoms with van der Waals surface area (Å²) in [7, 11) is 0. The van der Waals surface area contributed by atoms with Gasteiger partial charge < -0.3 is 5.32 Å². The molecule has 0 aliphatic rings. The maximum absolute atomic E-state index is 12.3. The highest BCUT2D eigenvalue weighted by molar-refractivity contribution is 9.10. The van der Waals surface area contributed by atoms with Crippen molar-refractivity contribution < 1.29 is 4.79 Å². The number of nitrogens with one attached hydrogen (secondary N) is 2. The van der Waals surface area contributed by atoms with E-state index >= 15 is 0 Å². The number of anilines is 1. The van der Waals surface area contributed by atoms with Crippen LogP contribution in [-0.2, 0) is 0 Å². The monoisotopic (exact) mass is 481 g/mol. The van der Waals surface area contributed by atoms with E-state index < -0.39 is 0 Å². The summed E-state index contributed by atoms with van der Waals surface area (Å²) in [5.41, 5.74) is 4.46. The number of nitrogens with zero attached hydrogens (tertiary/aromatic N) is 1. The van der Waals surface area contributed by atoms with E-state index in [0.29, 0.717) is 5.56 Å². The summed E-state index contributed by atoms with van der Waals surface area (Å²) in [6, 6.07) is 21.2. The van der Waals surface area contributed by atoms with E-state index in [1.54, 1.807) is 23.5 Å². The summed E-state index contributed by atoms with van der Waals surface area (Å²) in [6.07, 6.45) is 0. The van der Waals surface area contributed by atoms with Crippen molar-refractivity contribution in [3.05, 3.63) is 82.3 Å². The first kappa shape index (κ1) is 19.7. The Balaban J connectivity index is 1.47. The van der Waals surface area contributed by atoms with Crippen LogP contribution in [0.1, 0.15) is 15.9 Å². The van der Waals surface area contributed by atoms with E-state index in [1.807, 2.05) is 49.4 Å². The van der Waals surface area contributed by atoms with E-state index in [2.05, 4.69) is 38.7 Å². The van der Waals surface area contributed by atoms with Gasteiger partial charge in [0.2, 0.25) is 0 Å². The molecule has 0 saturated carbocycles. The molecule has 0 unspecified atom stereocenters. The van der Waals surface area contributed by atoms with Crippen molar-refractivity contribution in [3.8, 4) is 10.6 Å². The minimum absolute atomic E-state index is 0.251. The number of carbonyl (C=O) groups excluding carboxylic acids is 1. The van der Waals surface area contributed by atoms with Gasteiger partial charge in [-0.1, -0.05) is 28.1 Å². The second-order valence-corrected chi connectivity index (χ2v) is 8.79. The molecule has 4 rings (SSSR count). The number of para-hydroxylation sites is 1. The third kappa shape index (κ3) is 4.53. The van der Waals surface area contributed by atoms with Crippen LogP contribution in [0.25, 0.3) is 20.8 Å². The minimum Gasteiger partial charge on any atom is -0.332 e. The molecule has 2 N–H and O–H groups in total. The fourth-order valence-electron chi connectivity index (χ4n) is 2.86. The molecule has 0 aliphatic heterocycles. The number of thiazole rings is 1. The molecule has 0 aliphatic carbocycles. The topological polar surface area (TPSA) is 54.0 Å². The summed E-state index contributed by atoms with van der Waals surface area (Å²) >= 11 is 10.3. The number of amides is 1. The predicted molar refractivity (Wildman–Crippen MR) is 128 cm³/mol. The summed E-state index contributed by atoms with van der Waals surface area (Å²) in [5.74, 6) is -0.251. The van der Waals surface area contributed by atoms with Gasteiger partial charge in [-0.25, -0.2) is 4.98 Å². The van der Waals surface area contributed by atoms with Crippen LogP contribution >= 0.6 is 39.5 Å². The molecule has 4 nitrogen and oxygen atoms in total. The minimum atomic E-state index is -0.251. The van der Waals surface area contributed by atoms with Crippen LogP contribution in [-0.4, -0.2) is 16.0 Å². The molecular formula is C22H16BrN3OS2. The quantitative estimate of drug-likeness (QED) is 0.344. The Labute approximate surface area is 186 Å². The van der Waals surface area contributed by atoms with Gasteiger partial charge >= 0.3 is 0 Å². The van der Waals surface area contributed by atoms with Gasteiger partial charge in [-0.05, 0) is 79.3 Å². The highest BCUT2D eigenvalue weighted by Crippen LogP contribution is 2.31. The second-order valence-electron chi connectivity index (χ2n) is 6.43. The smallest absolute Gasteiger partial charge is 0.257 e. The predicted octanol–water partition coefficient (Wildman–Crippen LogP) is 6.16. The zero-order valence-corrected chi connectivity index (χ0v) is 18.6. The second kappa shape index (κ2) is 8.41. The van der Waals surface area contributed by atoms with Gasteiger partial charge in [0.25, 0.3) is 5.91 Å². The molecule has 4 aromatic rings. The molecular weight excluding hydrogens is 466 g/mol. The van der Waals surface area contributed by atoms with E-state index in [1.165, 1.54) is 4.70 Å². The Bertz CT molecular complexity index is 1190. The van der Waals surface area contributed by atoms with Crippen LogP contribution in [0.2, 0.25) is 0 Å². The molecule has 1 amide bonds. The zero-order chi connectivity index (χ0) is 20.4. The molecule has 0 saturated heterocycles. The third-order valence-corrected chi connectivity index (χ3v) is 6.17. The molecule has 144 valence electrons. The van der Waals surface area contributed by atoms with Crippen molar-refractivity contribution in [1.29, 1.82) is 0 Å². The fraction of sp³-hybridized carbons (Fsp3) is 0.0455. The van der Waals surface area contributed by atoms with Crippen LogP contribution in [0, 0.1) is 6.92 Å². The van der Waals surface area contributed by atoms with Gasteiger partial charge in [0.1, 0.15) is 5.01 Å². The SMILES string of the molecule is Cc1cc(-c2nc3ccccc3s2)ccc1NC(=S)NC(=O)c1ccc(Br)cc1. The van der Waals surface area contributed by atoms with Crippen molar-refractivity contribution in [2.24, 2.45) is 0 Å². The molecule has 0 radical (unpaired) electrons. The molecule has 0 spiro atoms. The average Bonchev–Trinajstić information content (AvgIpc) is 3.14. The van der Waals surface area contributed by atoms with Gasteiger partial charge in [0.05, 0.1) is 10.2 Å². The van der Waals surface area contributed by atoms with Crippen molar-refractivity contribution in [2.75, 3.05) is 5.32 Å². The molecule has 7 heteroatoms. The van der Waals surface area contributed by atoms with Gasteiger partial charge in [0.15, 0.2) is 5.11 Å². The fourth-order valence-corrected chi connectivity index (χ4v) is 4.29. The van der Waals surface area contributed by atoms with Crippen LogP contribution < -0.4 is 10.6 Å².